The topological polar surface area (TPSA) is 97.1 Å². The number of hydrogen-bond acceptors (Lipinski definition) is 5. The summed E-state index contributed by atoms with van der Waals surface area (Å²) < 4.78 is 5.06. The molecule has 0 radical (unpaired) electrons. The fraction of sp³-hybridized carbons (Fsp3) is 0.308. The minimum absolute atomic E-state index is 0.151. The third-order valence-corrected chi connectivity index (χ3v) is 2.85. The number of H-pyrrole nitrogens is 1. The number of anilines is 1. The van der Waals surface area contributed by atoms with Crippen LogP contribution >= 0.6 is 0 Å². The van der Waals surface area contributed by atoms with E-state index in [-0.39, 0.29) is 5.91 Å². The van der Waals surface area contributed by atoms with Gasteiger partial charge >= 0.3 is 0 Å². The monoisotopic (exact) mass is 275 g/mol. The van der Waals surface area contributed by atoms with Crippen molar-refractivity contribution in [2.24, 2.45) is 0 Å². The van der Waals surface area contributed by atoms with E-state index >= 15 is 0 Å². The molecule has 7 heteroatoms. The Bertz CT molecular complexity index is 623. The van der Waals surface area contributed by atoms with Gasteiger partial charge in [0.2, 0.25) is 0 Å². The summed E-state index contributed by atoms with van der Waals surface area (Å²) in [5.41, 5.74) is 6.73. The molecule has 2 aromatic rings. The Kier molecular flexibility index (Phi) is 3.88. The number of nitrogens with one attached hydrogen (secondary N) is 1. The predicted octanol–water partition coefficient (Wildman–Crippen LogP) is 0.976. The molecule has 0 aliphatic carbocycles. The molecule has 20 heavy (non-hydrogen) atoms. The standard InChI is InChI=1S/C13H17N5O2/c1-8-15-12(17-16-8)7-18(2)13(19)9-4-5-11(20-3)10(14)6-9/h4-6H,7,14H2,1-3H3,(H,15,16,17). The van der Waals surface area contributed by atoms with E-state index in [2.05, 4.69) is 15.2 Å². The highest BCUT2D eigenvalue weighted by Crippen LogP contribution is 2.22. The Morgan fingerprint density at radius 2 is 2.25 bits per heavy atom. The number of nitrogens with zero attached hydrogens (tertiary/aromatic N) is 3. The minimum atomic E-state index is -0.151. The lowest BCUT2D eigenvalue weighted by atomic mass is 10.1. The van der Waals surface area contributed by atoms with E-state index in [9.17, 15) is 4.79 Å². The number of aryl methyl sites for hydroxylation is 1. The minimum Gasteiger partial charge on any atom is -0.495 e. The maximum absolute atomic E-state index is 12.3. The number of hydrogen-bond donors (Lipinski definition) is 2. The maximum Gasteiger partial charge on any atom is 0.254 e. The molecular weight excluding hydrogens is 258 g/mol. The average molecular weight is 275 g/mol. The molecule has 0 aliphatic rings. The summed E-state index contributed by atoms with van der Waals surface area (Å²) in [5, 5.41) is 6.74. The second-order valence-electron chi connectivity index (χ2n) is 4.45. The van der Waals surface area contributed by atoms with Crippen LogP contribution in [0.3, 0.4) is 0 Å². The molecule has 0 bridgehead atoms. The summed E-state index contributed by atoms with van der Waals surface area (Å²) >= 11 is 0. The van der Waals surface area contributed by atoms with Crippen molar-refractivity contribution in [3.63, 3.8) is 0 Å². The fourth-order valence-corrected chi connectivity index (χ4v) is 1.83. The Morgan fingerprint density at radius 1 is 1.50 bits per heavy atom. The van der Waals surface area contributed by atoms with Gasteiger partial charge in [-0.3, -0.25) is 9.89 Å². The summed E-state index contributed by atoms with van der Waals surface area (Å²) in [6.07, 6.45) is 0. The van der Waals surface area contributed by atoms with E-state index < -0.39 is 0 Å². The zero-order valence-electron chi connectivity index (χ0n) is 11.7. The van der Waals surface area contributed by atoms with Crippen molar-refractivity contribution in [3.8, 4) is 5.75 Å². The Balaban J connectivity index is 2.12. The zero-order valence-corrected chi connectivity index (χ0v) is 11.7. The first-order chi connectivity index (χ1) is 9.51. The molecule has 3 N–H and O–H groups in total. The third kappa shape index (κ3) is 2.87. The summed E-state index contributed by atoms with van der Waals surface area (Å²) in [5.74, 6) is 1.69. The predicted molar refractivity (Wildman–Crippen MR) is 74.3 cm³/mol. The van der Waals surface area contributed by atoms with Gasteiger partial charge in [0.25, 0.3) is 5.91 Å². The van der Waals surface area contributed by atoms with E-state index in [4.69, 9.17) is 10.5 Å². The molecule has 2 rings (SSSR count). The van der Waals surface area contributed by atoms with Crippen LogP contribution in [0.4, 0.5) is 5.69 Å². The molecule has 0 aliphatic heterocycles. The molecule has 7 nitrogen and oxygen atoms in total. The van der Waals surface area contributed by atoms with Crippen molar-refractivity contribution in [2.75, 3.05) is 19.9 Å². The number of ether oxygens (including phenoxy) is 1. The first-order valence-corrected chi connectivity index (χ1v) is 6.08. The zero-order chi connectivity index (χ0) is 14.7. The maximum atomic E-state index is 12.3. The molecule has 1 amide bonds. The molecule has 0 saturated heterocycles. The lowest BCUT2D eigenvalue weighted by Gasteiger charge is -2.16. The highest BCUT2D eigenvalue weighted by Gasteiger charge is 2.15. The molecule has 0 saturated carbocycles. The number of aromatic nitrogens is 3. The molecule has 1 heterocycles. The van der Waals surface area contributed by atoms with E-state index in [1.54, 1.807) is 25.2 Å². The molecule has 0 spiro atoms. The number of methoxy groups -OCH3 is 1. The van der Waals surface area contributed by atoms with Crippen molar-refractivity contribution >= 4 is 11.6 Å². The molecule has 106 valence electrons. The molecule has 1 aromatic heterocycles. The second-order valence-corrected chi connectivity index (χ2v) is 4.45. The molecular formula is C13H17N5O2. The average Bonchev–Trinajstić information content (AvgIpc) is 2.83. The normalized spacial score (nSPS) is 10.3. The lowest BCUT2D eigenvalue weighted by molar-refractivity contribution is 0.0781. The number of aromatic amines is 1. The van der Waals surface area contributed by atoms with E-state index in [0.717, 1.165) is 5.82 Å². The van der Waals surface area contributed by atoms with Gasteiger partial charge in [-0.05, 0) is 25.1 Å². The number of nitrogens with two attached hydrogens (primary N) is 1. The van der Waals surface area contributed by atoms with Crippen LogP contribution in [0.2, 0.25) is 0 Å². The first kappa shape index (κ1) is 13.9. The van der Waals surface area contributed by atoms with Gasteiger partial charge in [0, 0.05) is 12.6 Å². The van der Waals surface area contributed by atoms with Gasteiger partial charge in [0.05, 0.1) is 19.3 Å². The van der Waals surface area contributed by atoms with E-state index in [0.29, 0.717) is 29.4 Å². The number of rotatable bonds is 4. The smallest absolute Gasteiger partial charge is 0.254 e. The van der Waals surface area contributed by atoms with Crippen LogP contribution in [0.1, 0.15) is 22.0 Å². The van der Waals surface area contributed by atoms with E-state index in [1.807, 2.05) is 6.92 Å². The van der Waals surface area contributed by atoms with Gasteiger partial charge in [-0.25, -0.2) is 4.98 Å². The molecule has 0 unspecified atom stereocenters. The third-order valence-electron chi connectivity index (χ3n) is 2.85. The highest BCUT2D eigenvalue weighted by atomic mass is 16.5. The largest absolute Gasteiger partial charge is 0.495 e. The molecule has 1 aromatic carbocycles. The van der Waals surface area contributed by atoms with Crippen molar-refractivity contribution in [2.45, 2.75) is 13.5 Å². The Morgan fingerprint density at radius 3 is 2.80 bits per heavy atom. The molecule has 0 atom stereocenters. The summed E-state index contributed by atoms with van der Waals surface area (Å²) in [4.78, 5) is 18.0. The van der Waals surface area contributed by atoms with Crippen LogP contribution in [0.5, 0.6) is 5.75 Å². The van der Waals surface area contributed by atoms with Gasteiger partial charge in [0.15, 0.2) is 5.82 Å². The first-order valence-electron chi connectivity index (χ1n) is 6.08. The summed E-state index contributed by atoms with van der Waals surface area (Å²) in [6.45, 7) is 2.14. The van der Waals surface area contributed by atoms with Crippen molar-refractivity contribution in [1.29, 1.82) is 0 Å². The van der Waals surface area contributed by atoms with Gasteiger partial charge < -0.3 is 15.4 Å². The number of nitrogen functional groups attached to an aromatic ring is 1. The molecule has 0 fully saturated rings. The Labute approximate surface area is 116 Å². The van der Waals surface area contributed by atoms with Gasteiger partial charge in [-0.15, -0.1) is 0 Å². The highest BCUT2D eigenvalue weighted by molar-refractivity contribution is 5.95. The van der Waals surface area contributed by atoms with Gasteiger partial charge in [-0.1, -0.05) is 0 Å². The quantitative estimate of drug-likeness (QED) is 0.810. The van der Waals surface area contributed by atoms with Crippen LogP contribution in [0.25, 0.3) is 0 Å². The Hall–Kier alpha value is -2.57. The number of carbonyl (C=O) groups is 1. The van der Waals surface area contributed by atoms with Gasteiger partial charge in [0.1, 0.15) is 11.6 Å². The van der Waals surface area contributed by atoms with E-state index in [1.165, 1.54) is 12.0 Å². The second kappa shape index (κ2) is 5.60. The van der Waals surface area contributed by atoms with Crippen molar-refractivity contribution < 1.29 is 9.53 Å². The van der Waals surface area contributed by atoms with Gasteiger partial charge in [-0.2, -0.15) is 5.10 Å². The van der Waals surface area contributed by atoms with Crippen molar-refractivity contribution in [3.05, 3.63) is 35.4 Å². The summed E-state index contributed by atoms with van der Waals surface area (Å²) in [6, 6.07) is 4.95. The number of carbonyl (C=O) groups excluding carboxylic acids is 1. The van der Waals surface area contributed by atoms with Crippen LogP contribution in [0.15, 0.2) is 18.2 Å². The lowest BCUT2D eigenvalue weighted by Crippen LogP contribution is -2.26. The summed E-state index contributed by atoms with van der Waals surface area (Å²) in [7, 11) is 3.22. The number of amides is 1. The SMILES string of the molecule is COc1ccc(C(=O)N(C)Cc2n[nH]c(C)n2)cc1N. The van der Waals surface area contributed by atoms with Crippen LogP contribution < -0.4 is 10.5 Å². The van der Waals surface area contributed by atoms with Crippen LogP contribution in [-0.2, 0) is 6.54 Å². The van der Waals surface area contributed by atoms with Crippen LogP contribution in [0, 0.1) is 6.92 Å². The van der Waals surface area contributed by atoms with Crippen molar-refractivity contribution in [1.82, 2.24) is 20.1 Å². The number of benzene rings is 1. The fourth-order valence-electron chi connectivity index (χ4n) is 1.83. The van der Waals surface area contributed by atoms with Crippen LogP contribution in [-0.4, -0.2) is 40.1 Å².